The molecule has 1 fully saturated rings. The van der Waals surface area contributed by atoms with Crippen LogP contribution in [0.2, 0.25) is 0 Å². The maximum absolute atomic E-state index is 12.2. The monoisotopic (exact) mass is 421 g/mol. The molecule has 0 bridgehead atoms. The van der Waals surface area contributed by atoms with Crippen molar-refractivity contribution >= 4 is 30.7 Å². The third-order valence-corrected chi connectivity index (χ3v) is 4.50. The molecule has 0 radical (unpaired) electrons. The predicted octanol–water partition coefficient (Wildman–Crippen LogP) is 2.61. The number of nitrogens with two attached hydrogens (primary N) is 1. The van der Waals surface area contributed by atoms with Crippen molar-refractivity contribution in [1.29, 1.82) is 0 Å². The number of methoxy groups -OCH3 is 2. The highest BCUT2D eigenvalue weighted by Crippen LogP contribution is 2.24. The van der Waals surface area contributed by atoms with Crippen molar-refractivity contribution in [1.82, 2.24) is 10.2 Å². The number of rotatable bonds is 8. The summed E-state index contributed by atoms with van der Waals surface area (Å²) < 4.78 is 10.6. The van der Waals surface area contributed by atoms with Gasteiger partial charge in [0.05, 0.1) is 20.3 Å². The number of nitrogens with zero attached hydrogens (tertiary/aromatic N) is 1. The number of amides is 1. The van der Waals surface area contributed by atoms with Gasteiger partial charge in [-0.3, -0.25) is 9.69 Å². The summed E-state index contributed by atoms with van der Waals surface area (Å²) in [6.07, 6.45) is 1.66. The van der Waals surface area contributed by atoms with Crippen LogP contribution in [0.25, 0.3) is 0 Å². The number of carbonyl (C=O) groups excluding carboxylic acids is 1. The molecule has 1 saturated heterocycles. The van der Waals surface area contributed by atoms with Gasteiger partial charge in [0, 0.05) is 31.7 Å². The van der Waals surface area contributed by atoms with Crippen molar-refractivity contribution < 1.29 is 14.3 Å². The third kappa shape index (κ3) is 8.13. The van der Waals surface area contributed by atoms with Crippen LogP contribution in [0.4, 0.5) is 0 Å². The molecule has 156 valence electrons. The van der Waals surface area contributed by atoms with Gasteiger partial charge in [-0.15, -0.1) is 24.8 Å². The number of likely N-dealkylation sites (tertiary alicyclic amines) is 1. The summed E-state index contributed by atoms with van der Waals surface area (Å²) in [4.78, 5) is 14.5. The second-order valence-corrected chi connectivity index (χ2v) is 7.19. The normalized spacial score (nSPS) is 17.6. The summed E-state index contributed by atoms with van der Waals surface area (Å²) in [5.41, 5.74) is 7.10. The molecule has 1 aliphatic heterocycles. The van der Waals surface area contributed by atoms with Crippen LogP contribution in [-0.4, -0.2) is 50.2 Å². The Kier molecular flexibility index (Phi) is 11.7. The Bertz CT molecular complexity index is 565. The average Bonchev–Trinajstić information content (AvgIpc) is 3.00. The lowest BCUT2D eigenvalue weighted by Crippen LogP contribution is -2.46. The van der Waals surface area contributed by atoms with Gasteiger partial charge in [-0.1, -0.05) is 13.8 Å². The molecule has 1 unspecified atom stereocenters. The minimum absolute atomic E-state index is 0. The van der Waals surface area contributed by atoms with Crippen molar-refractivity contribution in [3.05, 3.63) is 23.8 Å². The Morgan fingerprint density at radius 3 is 2.33 bits per heavy atom. The number of benzene rings is 1. The first kappa shape index (κ1) is 25.8. The summed E-state index contributed by atoms with van der Waals surface area (Å²) in [6.45, 7) is 6.74. The Hall–Kier alpha value is -1.21. The van der Waals surface area contributed by atoms with Crippen molar-refractivity contribution in [2.45, 2.75) is 45.3 Å². The van der Waals surface area contributed by atoms with E-state index in [-0.39, 0.29) is 36.8 Å². The second kappa shape index (κ2) is 12.3. The Morgan fingerprint density at radius 1 is 1.22 bits per heavy atom. The summed E-state index contributed by atoms with van der Waals surface area (Å²) in [7, 11) is 3.31. The van der Waals surface area contributed by atoms with Crippen molar-refractivity contribution in [2.75, 3.05) is 27.3 Å². The van der Waals surface area contributed by atoms with Crippen LogP contribution in [0.3, 0.4) is 0 Å². The molecule has 1 heterocycles. The lowest BCUT2D eigenvalue weighted by molar-refractivity contribution is -0.123. The molecule has 8 heteroatoms. The number of hydrogen-bond donors (Lipinski definition) is 2. The molecular weight excluding hydrogens is 389 g/mol. The Balaban J connectivity index is 0.00000338. The fourth-order valence-electron chi connectivity index (χ4n) is 3.23. The molecular formula is C19H33Cl2N3O3. The van der Waals surface area contributed by atoms with Gasteiger partial charge in [-0.05, 0) is 36.5 Å². The second-order valence-electron chi connectivity index (χ2n) is 7.19. The number of carbonyl (C=O) groups is 1. The number of nitrogens with one attached hydrogen (secondary N) is 1. The number of halogens is 2. The summed E-state index contributed by atoms with van der Waals surface area (Å²) >= 11 is 0. The van der Waals surface area contributed by atoms with Gasteiger partial charge in [0.2, 0.25) is 5.91 Å². The van der Waals surface area contributed by atoms with Gasteiger partial charge >= 0.3 is 0 Å². The van der Waals surface area contributed by atoms with Gasteiger partial charge in [0.25, 0.3) is 0 Å². The molecule has 0 aromatic heterocycles. The SMILES string of the molecule is COc1cc(CN2CCC(NC(=O)[C@@H](N)CC(C)C)C2)cc(OC)c1.Cl.Cl. The summed E-state index contributed by atoms with van der Waals surface area (Å²) in [5.74, 6) is 1.96. The van der Waals surface area contributed by atoms with Crippen LogP contribution in [-0.2, 0) is 11.3 Å². The molecule has 27 heavy (non-hydrogen) atoms. The zero-order chi connectivity index (χ0) is 18.4. The zero-order valence-corrected chi connectivity index (χ0v) is 18.2. The van der Waals surface area contributed by atoms with E-state index in [1.54, 1.807) is 14.2 Å². The molecule has 6 nitrogen and oxygen atoms in total. The standard InChI is InChI=1S/C19H31N3O3.2ClH/c1-13(2)7-18(20)19(23)21-15-5-6-22(12-15)11-14-8-16(24-3)10-17(9-14)25-4;;/h8-10,13,15,18H,5-7,11-12,20H2,1-4H3,(H,21,23);2*1H/t15?,18-;;/m0../s1. The number of hydrogen-bond acceptors (Lipinski definition) is 5. The predicted molar refractivity (Wildman–Crippen MR) is 113 cm³/mol. The topological polar surface area (TPSA) is 76.8 Å². The van der Waals surface area contributed by atoms with Gasteiger partial charge < -0.3 is 20.5 Å². The van der Waals surface area contributed by atoms with E-state index in [4.69, 9.17) is 15.2 Å². The molecule has 1 aromatic rings. The van der Waals surface area contributed by atoms with Crippen molar-refractivity contribution in [2.24, 2.45) is 11.7 Å². The molecule has 1 aromatic carbocycles. The maximum atomic E-state index is 12.2. The van der Waals surface area contributed by atoms with E-state index in [0.717, 1.165) is 43.1 Å². The highest BCUT2D eigenvalue weighted by molar-refractivity contribution is 5.85. The minimum Gasteiger partial charge on any atom is -0.497 e. The van der Waals surface area contributed by atoms with Crippen LogP contribution in [0.15, 0.2) is 18.2 Å². The first-order chi connectivity index (χ1) is 11.9. The molecule has 2 rings (SSSR count). The minimum atomic E-state index is -0.420. The van der Waals surface area contributed by atoms with E-state index in [0.29, 0.717) is 12.3 Å². The first-order valence-corrected chi connectivity index (χ1v) is 8.91. The van der Waals surface area contributed by atoms with E-state index >= 15 is 0 Å². The molecule has 3 N–H and O–H groups in total. The lowest BCUT2D eigenvalue weighted by atomic mass is 10.0. The quantitative estimate of drug-likeness (QED) is 0.674. The van der Waals surface area contributed by atoms with Crippen LogP contribution >= 0.6 is 24.8 Å². The van der Waals surface area contributed by atoms with E-state index in [1.165, 1.54) is 0 Å². The summed E-state index contributed by atoms with van der Waals surface area (Å²) in [6, 6.07) is 5.65. The van der Waals surface area contributed by atoms with Crippen LogP contribution < -0.4 is 20.5 Å². The lowest BCUT2D eigenvalue weighted by Gasteiger charge is -2.20. The van der Waals surface area contributed by atoms with Crippen LogP contribution in [0.5, 0.6) is 11.5 Å². The van der Waals surface area contributed by atoms with Crippen LogP contribution in [0, 0.1) is 5.92 Å². The first-order valence-electron chi connectivity index (χ1n) is 8.91. The van der Waals surface area contributed by atoms with E-state index in [2.05, 4.69) is 24.1 Å². The highest BCUT2D eigenvalue weighted by Gasteiger charge is 2.26. The van der Waals surface area contributed by atoms with Gasteiger partial charge in [0.15, 0.2) is 0 Å². The molecule has 0 aliphatic carbocycles. The fraction of sp³-hybridized carbons (Fsp3) is 0.632. The fourth-order valence-corrected chi connectivity index (χ4v) is 3.23. The van der Waals surface area contributed by atoms with Crippen LogP contribution in [0.1, 0.15) is 32.3 Å². The number of ether oxygens (including phenoxy) is 2. The summed E-state index contributed by atoms with van der Waals surface area (Å²) in [5, 5.41) is 3.09. The molecule has 1 aliphatic rings. The van der Waals surface area contributed by atoms with E-state index in [1.807, 2.05) is 18.2 Å². The highest BCUT2D eigenvalue weighted by atomic mass is 35.5. The average molecular weight is 422 g/mol. The van der Waals surface area contributed by atoms with Gasteiger partial charge in [-0.2, -0.15) is 0 Å². The smallest absolute Gasteiger partial charge is 0.237 e. The zero-order valence-electron chi connectivity index (χ0n) is 16.6. The maximum Gasteiger partial charge on any atom is 0.237 e. The van der Waals surface area contributed by atoms with Crippen molar-refractivity contribution in [3.8, 4) is 11.5 Å². The molecule has 1 amide bonds. The van der Waals surface area contributed by atoms with E-state index < -0.39 is 6.04 Å². The van der Waals surface area contributed by atoms with E-state index in [9.17, 15) is 4.79 Å². The molecule has 2 atom stereocenters. The van der Waals surface area contributed by atoms with Gasteiger partial charge in [-0.25, -0.2) is 0 Å². The Labute approximate surface area is 175 Å². The van der Waals surface area contributed by atoms with Gasteiger partial charge in [0.1, 0.15) is 11.5 Å². The Morgan fingerprint density at radius 2 is 1.81 bits per heavy atom. The molecule has 0 saturated carbocycles. The van der Waals surface area contributed by atoms with Crippen molar-refractivity contribution in [3.63, 3.8) is 0 Å². The molecule has 0 spiro atoms. The third-order valence-electron chi connectivity index (χ3n) is 4.50. The largest absolute Gasteiger partial charge is 0.497 e.